The quantitative estimate of drug-likeness (QED) is 0.785. The summed E-state index contributed by atoms with van der Waals surface area (Å²) in [5.74, 6) is 0. The summed E-state index contributed by atoms with van der Waals surface area (Å²) < 4.78 is 0. The summed E-state index contributed by atoms with van der Waals surface area (Å²) in [6.07, 6.45) is 1.70. The largest absolute Gasteiger partial charge is 0.396 e. The van der Waals surface area contributed by atoms with Gasteiger partial charge in [-0.05, 0) is 26.0 Å². The number of nitrogen functional groups attached to an aromatic ring is 1. The lowest BCUT2D eigenvalue weighted by molar-refractivity contribution is 1.21. The van der Waals surface area contributed by atoms with Gasteiger partial charge in [-0.25, -0.2) is 0 Å². The zero-order chi connectivity index (χ0) is 10.8. The van der Waals surface area contributed by atoms with Crippen molar-refractivity contribution >= 4 is 22.3 Å². The predicted octanol–water partition coefficient (Wildman–Crippen LogP) is 2.56. The first-order valence-corrected chi connectivity index (χ1v) is 5.11. The highest BCUT2D eigenvalue weighted by molar-refractivity contribution is 5.97. The second-order valence-corrected chi connectivity index (χ2v) is 3.64. The van der Waals surface area contributed by atoms with E-state index in [2.05, 4.69) is 36.3 Å². The number of hydrogen-bond acceptors (Lipinski definition) is 3. The van der Waals surface area contributed by atoms with Crippen LogP contribution in [0.3, 0.4) is 0 Å². The summed E-state index contributed by atoms with van der Waals surface area (Å²) in [5, 5.41) is 4.38. The van der Waals surface area contributed by atoms with Crippen LogP contribution in [0.5, 0.6) is 0 Å². The van der Waals surface area contributed by atoms with E-state index in [1.54, 1.807) is 6.20 Å². The molecule has 1 aromatic carbocycles. The monoisotopic (exact) mass is 201 g/mol. The Balaban J connectivity index is 2.72. The lowest BCUT2D eigenvalue weighted by Crippen LogP contribution is -2.02. The van der Waals surface area contributed by atoms with Gasteiger partial charge in [-0.15, -0.1) is 0 Å². The second-order valence-electron chi connectivity index (χ2n) is 3.64. The summed E-state index contributed by atoms with van der Waals surface area (Å²) >= 11 is 0. The highest BCUT2D eigenvalue weighted by Crippen LogP contribution is 2.28. The van der Waals surface area contributed by atoms with Crippen LogP contribution in [0.25, 0.3) is 10.9 Å². The fourth-order valence-corrected chi connectivity index (χ4v) is 1.70. The zero-order valence-corrected chi connectivity index (χ0v) is 9.04. The van der Waals surface area contributed by atoms with Gasteiger partial charge in [0, 0.05) is 11.9 Å². The Morgan fingerprint density at radius 2 is 2.20 bits per heavy atom. The minimum absolute atomic E-state index is 0.704. The van der Waals surface area contributed by atoms with Crippen LogP contribution in [0.15, 0.2) is 24.4 Å². The molecule has 3 heteroatoms. The van der Waals surface area contributed by atoms with Gasteiger partial charge < -0.3 is 11.1 Å². The van der Waals surface area contributed by atoms with Crippen LogP contribution < -0.4 is 11.1 Å². The normalized spacial score (nSPS) is 10.5. The summed E-state index contributed by atoms with van der Waals surface area (Å²) in [5.41, 5.74) is 9.79. The van der Waals surface area contributed by atoms with Crippen molar-refractivity contribution in [3.05, 3.63) is 30.0 Å². The van der Waals surface area contributed by atoms with E-state index in [0.717, 1.165) is 23.1 Å². The summed E-state index contributed by atoms with van der Waals surface area (Å²) in [4.78, 5) is 4.30. The van der Waals surface area contributed by atoms with Gasteiger partial charge in [-0.1, -0.05) is 11.6 Å². The van der Waals surface area contributed by atoms with Crippen molar-refractivity contribution in [2.45, 2.75) is 13.8 Å². The molecule has 1 heterocycles. The molecule has 3 nitrogen and oxygen atoms in total. The average Bonchev–Trinajstić information content (AvgIpc) is 2.23. The van der Waals surface area contributed by atoms with E-state index in [4.69, 9.17) is 5.73 Å². The summed E-state index contributed by atoms with van der Waals surface area (Å²) in [7, 11) is 0. The average molecular weight is 201 g/mol. The molecule has 0 unspecified atom stereocenters. The van der Waals surface area contributed by atoms with Crippen LogP contribution in [0.2, 0.25) is 0 Å². The van der Waals surface area contributed by atoms with Gasteiger partial charge in [0.2, 0.25) is 0 Å². The van der Waals surface area contributed by atoms with Gasteiger partial charge in [0.05, 0.1) is 23.1 Å². The van der Waals surface area contributed by atoms with E-state index < -0.39 is 0 Å². The molecule has 0 radical (unpaired) electrons. The number of nitrogens with two attached hydrogens (primary N) is 1. The maximum absolute atomic E-state index is 5.90. The second kappa shape index (κ2) is 3.77. The molecular weight excluding hydrogens is 186 g/mol. The van der Waals surface area contributed by atoms with E-state index in [1.165, 1.54) is 5.56 Å². The molecule has 0 saturated heterocycles. The number of aromatic nitrogens is 1. The number of rotatable bonds is 2. The van der Waals surface area contributed by atoms with Gasteiger partial charge in [0.1, 0.15) is 0 Å². The Hall–Kier alpha value is -1.77. The van der Waals surface area contributed by atoms with Crippen LogP contribution in [0, 0.1) is 6.92 Å². The number of hydrogen-bond donors (Lipinski definition) is 2. The van der Waals surface area contributed by atoms with Gasteiger partial charge >= 0.3 is 0 Å². The molecule has 0 aliphatic rings. The lowest BCUT2D eigenvalue weighted by Gasteiger charge is -2.10. The van der Waals surface area contributed by atoms with Crippen molar-refractivity contribution in [1.29, 1.82) is 0 Å². The topological polar surface area (TPSA) is 50.9 Å². The minimum Gasteiger partial charge on any atom is -0.396 e. The first-order valence-electron chi connectivity index (χ1n) is 5.11. The molecule has 0 amide bonds. The highest BCUT2D eigenvalue weighted by atomic mass is 14.9. The summed E-state index contributed by atoms with van der Waals surface area (Å²) in [6.45, 7) is 4.98. The first-order chi connectivity index (χ1) is 7.22. The molecule has 0 aliphatic heterocycles. The smallest absolute Gasteiger partial charge is 0.0743 e. The Kier molecular flexibility index (Phi) is 2.46. The van der Waals surface area contributed by atoms with Crippen molar-refractivity contribution in [3.8, 4) is 0 Å². The molecule has 2 aromatic rings. The molecule has 1 aromatic heterocycles. The van der Waals surface area contributed by atoms with Crippen molar-refractivity contribution in [2.24, 2.45) is 0 Å². The fraction of sp³-hybridized carbons (Fsp3) is 0.250. The van der Waals surface area contributed by atoms with E-state index >= 15 is 0 Å². The zero-order valence-electron chi connectivity index (χ0n) is 9.04. The molecule has 0 fully saturated rings. The number of nitrogens with zero attached hydrogens (tertiary/aromatic N) is 1. The number of pyridine rings is 1. The Labute approximate surface area is 89.3 Å². The fourth-order valence-electron chi connectivity index (χ4n) is 1.70. The molecule has 0 spiro atoms. The Morgan fingerprint density at radius 3 is 2.93 bits per heavy atom. The number of aryl methyl sites for hydroxylation is 1. The number of anilines is 2. The standard InChI is InChI=1S/C12H15N3/c1-3-14-12-9-6-8(2)4-5-11(9)15-7-10(12)13/h4-7H,3,13H2,1-2H3,(H,14,15). The first kappa shape index (κ1) is 9.77. The van der Waals surface area contributed by atoms with E-state index in [0.29, 0.717) is 5.69 Å². The third-order valence-electron chi connectivity index (χ3n) is 2.41. The molecule has 2 rings (SSSR count). The van der Waals surface area contributed by atoms with Crippen molar-refractivity contribution in [1.82, 2.24) is 4.98 Å². The van der Waals surface area contributed by atoms with Crippen molar-refractivity contribution in [2.75, 3.05) is 17.6 Å². The van der Waals surface area contributed by atoms with E-state index in [9.17, 15) is 0 Å². The third kappa shape index (κ3) is 1.73. The van der Waals surface area contributed by atoms with Gasteiger partial charge in [-0.2, -0.15) is 0 Å². The van der Waals surface area contributed by atoms with Gasteiger partial charge in [0.25, 0.3) is 0 Å². The molecule has 3 N–H and O–H groups in total. The number of nitrogens with one attached hydrogen (secondary N) is 1. The van der Waals surface area contributed by atoms with Crippen LogP contribution in [-0.4, -0.2) is 11.5 Å². The molecular formula is C12H15N3. The van der Waals surface area contributed by atoms with Crippen LogP contribution >= 0.6 is 0 Å². The van der Waals surface area contributed by atoms with Crippen LogP contribution in [0.4, 0.5) is 11.4 Å². The van der Waals surface area contributed by atoms with Crippen LogP contribution in [0.1, 0.15) is 12.5 Å². The number of benzene rings is 1. The molecule has 0 bridgehead atoms. The van der Waals surface area contributed by atoms with Crippen molar-refractivity contribution < 1.29 is 0 Å². The SMILES string of the molecule is CCNc1c(N)cnc2ccc(C)cc12. The maximum atomic E-state index is 5.90. The molecule has 0 atom stereocenters. The predicted molar refractivity (Wildman–Crippen MR) is 65.1 cm³/mol. The maximum Gasteiger partial charge on any atom is 0.0743 e. The minimum atomic E-state index is 0.704. The van der Waals surface area contributed by atoms with E-state index in [-0.39, 0.29) is 0 Å². The summed E-state index contributed by atoms with van der Waals surface area (Å²) in [6, 6.07) is 6.18. The molecule has 0 saturated carbocycles. The molecule has 15 heavy (non-hydrogen) atoms. The van der Waals surface area contributed by atoms with Gasteiger partial charge in [0.15, 0.2) is 0 Å². The third-order valence-corrected chi connectivity index (χ3v) is 2.41. The Bertz CT molecular complexity index is 486. The lowest BCUT2D eigenvalue weighted by atomic mass is 10.1. The van der Waals surface area contributed by atoms with Gasteiger partial charge in [-0.3, -0.25) is 4.98 Å². The van der Waals surface area contributed by atoms with Crippen molar-refractivity contribution in [3.63, 3.8) is 0 Å². The highest BCUT2D eigenvalue weighted by Gasteiger charge is 2.05. The molecule has 0 aliphatic carbocycles. The Morgan fingerprint density at radius 1 is 1.40 bits per heavy atom. The van der Waals surface area contributed by atoms with E-state index in [1.807, 2.05) is 6.07 Å². The van der Waals surface area contributed by atoms with Crippen LogP contribution in [-0.2, 0) is 0 Å². The number of fused-ring (bicyclic) bond motifs is 1. The molecule has 78 valence electrons.